The fraction of sp³-hybridized carbons (Fsp3) is 0.381. The minimum atomic E-state index is -5.08. The maximum Gasteiger partial charge on any atom is 0.490 e. The molecule has 0 radical (unpaired) electrons. The number of hydrogen-bond acceptors (Lipinski definition) is 6. The van der Waals surface area contributed by atoms with Gasteiger partial charge in [-0.25, -0.2) is 9.31 Å². The summed E-state index contributed by atoms with van der Waals surface area (Å²) in [4.78, 5) is 23.0. The fourth-order valence-corrected chi connectivity index (χ4v) is 4.83. The zero-order valence-corrected chi connectivity index (χ0v) is 19.0. The van der Waals surface area contributed by atoms with Crippen LogP contribution >= 0.6 is 11.3 Å². The Bertz CT molecular complexity index is 1260. The number of carbonyl (C=O) groups excluding carboxylic acids is 1. The summed E-state index contributed by atoms with van der Waals surface area (Å²) < 4.78 is 72.5. The van der Waals surface area contributed by atoms with E-state index >= 15 is 0 Å². The molecule has 2 atom stereocenters. The van der Waals surface area contributed by atoms with E-state index in [-0.39, 0.29) is 11.4 Å². The van der Waals surface area contributed by atoms with Gasteiger partial charge in [-0.15, -0.1) is 16.4 Å². The average molecular weight is 535 g/mol. The number of nitrogens with zero attached hydrogens (tertiary/aromatic N) is 3. The van der Waals surface area contributed by atoms with Crippen molar-refractivity contribution in [1.82, 2.24) is 14.9 Å². The predicted octanol–water partition coefficient (Wildman–Crippen LogP) is 4.24. The van der Waals surface area contributed by atoms with Crippen molar-refractivity contribution in [3.05, 3.63) is 46.3 Å². The van der Waals surface area contributed by atoms with Crippen molar-refractivity contribution in [3.8, 4) is 0 Å². The number of piperazine rings is 1. The molecule has 0 unspecified atom stereocenters. The molecule has 3 N–H and O–H groups in total. The summed E-state index contributed by atoms with van der Waals surface area (Å²) in [5.41, 5.74) is 0.667. The number of aliphatic carboxylic acids is 1. The van der Waals surface area contributed by atoms with Gasteiger partial charge in [0.1, 0.15) is 16.4 Å². The van der Waals surface area contributed by atoms with Gasteiger partial charge >= 0.3 is 18.3 Å². The van der Waals surface area contributed by atoms with Crippen LogP contribution in [0.1, 0.15) is 28.2 Å². The zero-order chi connectivity index (χ0) is 26.3. The van der Waals surface area contributed by atoms with Gasteiger partial charge in [-0.1, -0.05) is 0 Å². The highest BCUT2D eigenvalue weighted by atomic mass is 32.1. The first-order chi connectivity index (χ1) is 16.8. The molecule has 1 amide bonds. The molecule has 6 rings (SSSR count). The number of thiophene rings is 1. The van der Waals surface area contributed by atoms with E-state index in [1.165, 1.54) is 16.0 Å². The summed E-state index contributed by atoms with van der Waals surface area (Å²) in [6.45, 7) is 1.76. The highest BCUT2D eigenvalue weighted by Gasteiger charge is 2.38. The maximum atomic E-state index is 13.1. The second kappa shape index (κ2) is 9.61. The van der Waals surface area contributed by atoms with E-state index in [9.17, 15) is 31.1 Å². The van der Waals surface area contributed by atoms with Gasteiger partial charge in [0.2, 0.25) is 0 Å². The molecule has 8 nitrogen and oxygen atoms in total. The van der Waals surface area contributed by atoms with Gasteiger partial charge in [0, 0.05) is 25.2 Å². The number of carboxylic acid groups (broad SMARTS) is 1. The summed E-state index contributed by atoms with van der Waals surface area (Å²) in [7, 11) is 0. The number of nitrogens with one attached hydrogen (secondary N) is 2. The average Bonchev–Trinajstić information content (AvgIpc) is 3.46. The Morgan fingerprint density at radius 1 is 1.08 bits per heavy atom. The Balaban J connectivity index is 0.000000384. The van der Waals surface area contributed by atoms with Crippen LogP contribution in [0.3, 0.4) is 0 Å². The zero-order valence-electron chi connectivity index (χ0n) is 18.2. The number of piperidine rings is 2. The van der Waals surface area contributed by atoms with Crippen molar-refractivity contribution < 1.29 is 41.0 Å². The Morgan fingerprint density at radius 2 is 1.78 bits per heavy atom. The number of anilines is 2. The van der Waals surface area contributed by atoms with Crippen molar-refractivity contribution in [2.45, 2.75) is 37.3 Å². The lowest BCUT2D eigenvalue weighted by atomic mass is 9.93. The molecule has 0 saturated carbocycles. The van der Waals surface area contributed by atoms with E-state index in [4.69, 9.17) is 9.90 Å². The van der Waals surface area contributed by atoms with Gasteiger partial charge in [-0.3, -0.25) is 4.79 Å². The molecular weight excluding hydrogens is 516 g/mol. The highest BCUT2D eigenvalue weighted by Crippen LogP contribution is 2.39. The summed E-state index contributed by atoms with van der Waals surface area (Å²) in [5.74, 6) is -2.61. The number of rotatable bonds is 3. The van der Waals surface area contributed by atoms with Gasteiger partial charge in [0.15, 0.2) is 0 Å². The molecule has 3 aromatic heterocycles. The van der Waals surface area contributed by atoms with Crippen LogP contribution in [0.15, 0.2) is 35.7 Å². The second-order valence-corrected chi connectivity index (χ2v) is 9.07. The lowest BCUT2D eigenvalue weighted by Gasteiger charge is -2.46. The van der Waals surface area contributed by atoms with Crippen LogP contribution in [0.2, 0.25) is 0 Å². The third kappa shape index (κ3) is 5.41. The molecule has 36 heavy (non-hydrogen) atoms. The maximum absolute atomic E-state index is 13.1. The minimum Gasteiger partial charge on any atom is -0.475 e. The van der Waals surface area contributed by atoms with Crippen LogP contribution in [0.5, 0.6) is 0 Å². The van der Waals surface area contributed by atoms with E-state index in [1.54, 1.807) is 12.1 Å². The Kier molecular flexibility index (Phi) is 6.88. The topological polar surface area (TPSA) is 99.0 Å². The van der Waals surface area contributed by atoms with Gasteiger partial charge in [0.05, 0.1) is 11.2 Å². The Labute approximate surface area is 203 Å². The molecule has 3 aliphatic heterocycles. The van der Waals surface area contributed by atoms with Crippen molar-refractivity contribution in [1.29, 1.82) is 0 Å². The van der Waals surface area contributed by atoms with E-state index in [1.807, 2.05) is 12.1 Å². The second-order valence-electron chi connectivity index (χ2n) is 8.15. The number of carboxylic acids is 1. The van der Waals surface area contributed by atoms with E-state index < -0.39 is 29.1 Å². The van der Waals surface area contributed by atoms with Crippen LogP contribution in [0.4, 0.5) is 37.8 Å². The normalized spacial score (nSPS) is 19.7. The molecular formula is C21H19F6N5O3S. The highest BCUT2D eigenvalue weighted by molar-refractivity contribution is 7.10. The molecule has 6 heterocycles. The monoisotopic (exact) mass is 535 g/mol. The standard InChI is InChI=1S/C19H18F3N5OS.C2HF3O2/c20-19(21,22)17-14(7-8-29-17)24-18(28)15-5-3-12-4-6-16(25-27(12)15)26-10-11-1-2-13(26)9-23-11;3-2(4,5)1(6)7/h3-8,11,13,23H,1-2,9-10H2,(H,24,28);(H,6,7)/t11-,13-;/m1./s1. The van der Waals surface area contributed by atoms with Crippen molar-refractivity contribution in [3.63, 3.8) is 0 Å². The third-order valence-corrected chi connectivity index (χ3v) is 6.74. The first-order valence-electron chi connectivity index (χ1n) is 10.6. The SMILES string of the molecule is O=C(Nc1ccsc1C(F)(F)F)c1ccc2ccc(N3C[C@H]4CC[C@@H]3CN4)nn12.O=C(O)C(F)(F)F. The van der Waals surface area contributed by atoms with Gasteiger partial charge in [-0.2, -0.15) is 26.3 Å². The third-order valence-electron chi connectivity index (χ3n) is 5.78. The lowest BCUT2D eigenvalue weighted by molar-refractivity contribution is -0.192. The molecule has 0 spiro atoms. The molecule has 3 aliphatic rings. The van der Waals surface area contributed by atoms with Crippen molar-refractivity contribution in [2.75, 3.05) is 23.3 Å². The summed E-state index contributed by atoms with van der Waals surface area (Å²) in [6, 6.07) is 9.16. The fourth-order valence-electron chi connectivity index (χ4n) is 4.11. The van der Waals surface area contributed by atoms with Gasteiger partial charge < -0.3 is 20.6 Å². The predicted molar refractivity (Wildman–Crippen MR) is 118 cm³/mol. The Morgan fingerprint density at radius 3 is 2.33 bits per heavy atom. The number of hydrogen-bond donors (Lipinski definition) is 3. The molecule has 3 saturated heterocycles. The summed E-state index contributed by atoms with van der Waals surface area (Å²) in [6.07, 6.45) is -7.36. The quantitative estimate of drug-likeness (QED) is 0.434. The van der Waals surface area contributed by atoms with Crippen molar-refractivity contribution in [2.24, 2.45) is 0 Å². The van der Waals surface area contributed by atoms with Gasteiger partial charge in [0.25, 0.3) is 5.91 Å². The molecule has 3 fully saturated rings. The van der Waals surface area contributed by atoms with Crippen LogP contribution in [-0.4, -0.2) is 57.9 Å². The van der Waals surface area contributed by atoms with E-state index in [2.05, 4.69) is 20.6 Å². The first kappa shape index (κ1) is 25.8. The van der Waals surface area contributed by atoms with Crippen LogP contribution in [-0.2, 0) is 11.0 Å². The lowest BCUT2D eigenvalue weighted by Crippen LogP contribution is -2.61. The minimum absolute atomic E-state index is 0.196. The molecule has 0 aliphatic carbocycles. The number of fused-ring (bicyclic) bond motifs is 4. The van der Waals surface area contributed by atoms with Crippen LogP contribution in [0, 0.1) is 0 Å². The smallest absolute Gasteiger partial charge is 0.475 e. The molecule has 3 aromatic rings. The number of carbonyl (C=O) groups is 2. The first-order valence-corrected chi connectivity index (χ1v) is 11.5. The van der Waals surface area contributed by atoms with Crippen molar-refractivity contribution >= 4 is 40.2 Å². The summed E-state index contributed by atoms with van der Waals surface area (Å²) in [5, 5.41) is 18.9. The largest absolute Gasteiger partial charge is 0.490 e. The van der Waals surface area contributed by atoms with Crippen LogP contribution in [0.25, 0.3) is 5.52 Å². The van der Waals surface area contributed by atoms with Gasteiger partial charge in [-0.05, 0) is 48.6 Å². The van der Waals surface area contributed by atoms with Crippen LogP contribution < -0.4 is 15.5 Å². The molecule has 194 valence electrons. The molecule has 0 aromatic carbocycles. The van der Waals surface area contributed by atoms with E-state index in [0.29, 0.717) is 28.9 Å². The summed E-state index contributed by atoms with van der Waals surface area (Å²) >= 11 is 0.553. The molecule has 15 heteroatoms. The number of halogens is 6. The number of amides is 1. The molecule has 2 bridgehead atoms. The number of aromatic nitrogens is 2. The number of alkyl halides is 6. The van der Waals surface area contributed by atoms with E-state index in [0.717, 1.165) is 31.7 Å². The Hall–Kier alpha value is -3.33.